The second kappa shape index (κ2) is 7.19. The fraction of sp³-hybridized carbons (Fsp3) is 0.250. The monoisotopic (exact) mass is 391 g/mol. The molecule has 0 saturated carbocycles. The number of nitrogens with zero attached hydrogens (tertiary/aromatic N) is 1. The first-order chi connectivity index (χ1) is 13.4. The minimum absolute atomic E-state index is 0.309. The van der Waals surface area contributed by atoms with Crippen molar-refractivity contribution in [1.82, 2.24) is 4.31 Å². The third-order valence-corrected chi connectivity index (χ3v) is 7.44. The lowest BCUT2D eigenvalue weighted by molar-refractivity contribution is 0.343. The predicted molar refractivity (Wildman–Crippen MR) is 113 cm³/mol. The molecule has 1 aliphatic rings. The van der Waals surface area contributed by atoms with E-state index in [9.17, 15) is 8.42 Å². The van der Waals surface area contributed by atoms with Crippen LogP contribution in [0.2, 0.25) is 0 Å². The van der Waals surface area contributed by atoms with Crippen LogP contribution in [0.5, 0.6) is 0 Å². The topological polar surface area (TPSA) is 37.4 Å². The molecule has 3 aromatic carbocycles. The highest BCUT2D eigenvalue weighted by molar-refractivity contribution is 7.89. The number of sulfonamides is 1. The molecule has 1 heterocycles. The fourth-order valence-electron chi connectivity index (χ4n) is 4.13. The SMILES string of the molecule is Cc1ccc(S(=O)(=O)N2CCc3cccc(C)c3C2c2cccc(C)c2)cc1. The molecule has 1 atom stereocenters. The van der Waals surface area contributed by atoms with Gasteiger partial charge in [0.2, 0.25) is 10.0 Å². The van der Waals surface area contributed by atoms with E-state index >= 15 is 0 Å². The summed E-state index contributed by atoms with van der Waals surface area (Å²) in [6.45, 7) is 6.56. The summed E-state index contributed by atoms with van der Waals surface area (Å²) < 4.78 is 28.9. The molecule has 0 spiro atoms. The first-order valence-electron chi connectivity index (χ1n) is 9.61. The zero-order chi connectivity index (χ0) is 19.9. The van der Waals surface area contributed by atoms with Crippen molar-refractivity contribution in [3.05, 3.63) is 100 Å². The van der Waals surface area contributed by atoms with Crippen molar-refractivity contribution in [3.8, 4) is 0 Å². The molecule has 4 heteroatoms. The molecule has 0 radical (unpaired) electrons. The molecule has 28 heavy (non-hydrogen) atoms. The van der Waals surface area contributed by atoms with Gasteiger partial charge in [-0.25, -0.2) is 8.42 Å². The van der Waals surface area contributed by atoms with Crippen LogP contribution in [0, 0.1) is 20.8 Å². The van der Waals surface area contributed by atoms with Gasteiger partial charge >= 0.3 is 0 Å². The number of hydrogen-bond donors (Lipinski definition) is 0. The molecule has 0 amide bonds. The van der Waals surface area contributed by atoms with Crippen molar-refractivity contribution in [2.45, 2.75) is 38.1 Å². The average molecular weight is 392 g/mol. The number of aryl methyl sites for hydroxylation is 3. The predicted octanol–water partition coefficient (Wildman–Crippen LogP) is 4.95. The summed E-state index contributed by atoms with van der Waals surface area (Å²) in [6, 6.07) is 21.3. The number of rotatable bonds is 3. The Morgan fingerprint density at radius 3 is 2.29 bits per heavy atom. The van der Waals surface area contributed by atoms with Gasteiger partial charge in [-0.2, -0.15) is 4.31 Å². The van der Waals surface area contributed by atoms with Gasteiger partial charge in [-0.05, 0) is 61.6 Å². The van der Waals surface area contributed by atoms with E-state index in [1.54, 1.807) is 16.4 Å². The Hall–Kier alpha value is -2.43. The second-order valence-electron chi connectivity index (χ2n) is 7.64. The van der Waals surface area contributed by atoms with Crippen LogP contribution in [-0.2, 0) is 16.4 Å². The molecule has 0 bridgehead atoms. The molecule has 144 valence electrons. The van der Waals surface area contributed by atoms with Gasteiger partial charge in [-0.3, -0.25) is 0 Å². The van der Waals surface area contributed by atoms with E-state index in [-0.39, 0.29) is 6.04 Å². The van der Waals surface area contributed by atoms with Crippen LogP contribution < -0.4 is 0 Å². The maximum atomic E-state index is 13.6. The molecule has 0 fully saturated rings. The van der Waals surface area contributed by atoms with Crippen LogP contribution in [0.4, 0.5) is 0 Å². The van der Waals surface area contributed by atoms with E-state index in [4.69, 9.17) is 0 Å². The van der Waals surface area contributed by atoms with Crippen molar-refractivity contribution < 1.29 is 8.42 Å². The Morgan fingerprint density at radius 2 is 1.57 bits per heavy atom. The van der Waals surface area contributed by atoms with Crippen LogP contribution in [0.25, 0.3) is 0 Å². The van der Waals surface area contributed by atoms with Gasteiger partial charge in [-0.15, -0.1) is 0 Å². The van der Waals surface area contributed by atoms with Crippen molar-refractivity contribution in [1.29, 1.82) is 0 Å². The van der Waals surface area contributed by atoms with E-state index in [2.05, 4.69) is 31.2 Å². The van der Waals surface area contributed by atoms with E-state index < -0.39 is 10.0 Å². The lowest BCUT2D eigenvalue weighted by Crippen LogP contribution is -2.41. The summed E-state index contributed by atoms with van der Waals surface area (Å²) in [5, 5.41) is 0. The number of benzene rings is 3. The highest BCUT2D eigenvalue weighted by atomic mass is 32.2. The third kappa shape index (κ3) is 3.27. The van der Waals surface area contributed by atoms with Gasteiger partial charge in [0.1, 0.15) is 0 Å². The summed E-state index contributed by atoms with van der Waals surface area (Å²) in [5.74, 6) is 0. The minimum Gasteiger partial charge on any atom is -0.207 e. The summed E-state index contributed by atoms with van der Waals surface area (Å²) in [4.78, 5) is 0.354. The summed E-state index contributed by atoms with van der Waals surface area (Å²) in [6.07, 6.45) is 0.727. The number of fused-ring (bicyclic) bond motifs is 1. The second-order valence-corrected chi connectivity index (χ2v) is 9.53. The molecule has 0 saturated heterocycles. The first-order valence-corrected chi connectivity index (χ1v) is 11.1. The Labute approximate surface area is 167 Å². The Balaban J connectivity index is 1.91. The minimum atomic E-state index is -3.62. The van der Waals surface area contributed by atoms with Gasteiger partial charge in [0.05, 0.1) is 10.9 Å². The van der Waals surface area contributed by atoms with Crippen molar-refractivity contribution in [3.63, 3.8) is 0 Å². The van der Waals surface area contributed by atoms with Crippen LogP contribution in [-0.4, -0.2) is 19.3 Å². The molecule has 0 aliphatic carbocycles. The first kappa shape index (κ1) is 18.9. The van der Waals surface area contributed by atoms with Gasteiger partial charge in [0.25, 0.3) is 0 Å². The summed E-state index contributed by atoms with van der Waals surface area (Å²) >= 11 is 0. The van der Waals surface area contributed by atoms with Crippen LogP contribution in [0.15, 0.2) is 71.6 Å². The number of hydrogen-bond acceptors (Lipinski definition) is 2. The lowest BCUT2D eigenvalue weighted by atomic mass is 9.86. The normalized spacial score (nSPS) is 17.3. The molecule has 1 unspecified atom stereocenters. The highest BCUT2D eigenvalue weighted by Gasteiger charge is 2.38. The third-order valence-electron chi connectivity index (χ3n) is 5.56. The molecule has 0 aromatic heterocycles. The summed E-state index contributed by atoms with van der Waals surface area (Å²) in [5.41, 5.74) is 6.69. The zero-order valence-corrected chi connectivity index (χ0v) is 17.3. The van der Waals surface area contributed by atoms with E-state index in [0.29, 0.717) is 11.4 Å². The molecule has 4 rings (SSSR count). The molecule has 1 aliphatic heterocycles. The molecular formula is C24H25NO2S. The maximum absolute atomic E-state index is 13.6. The quantitative estimate of drug-likeness (QED) is 0.634. The molecular weight excluding hydrogens is 366 g/mol. The standard InChI is InChI=1S/C24H25NO2S/c1-17-10-12-22(13-11-17)28(26,27)25-15-14-20-8-5-7-19(3)23(20)24(25)21-9-4-6-18(2)16-21/h4-13,16,24H,14-15H2,1-3H3. The molecule has 0 N–H and O–H groups in total. The van der Waals surface area contributed by atoms with Gasteiger partial charge < -0.3 is 0 Å². The smallest absolute Gasteiger partial charge is 0.207 e. The van der Waals surface area contributed by atoms with Gasteiger partial charge in [0.15, 0.2) is 0 Å². The Kier molecular flexibility index (Phi) is 4.86. The fourth-order valence-corrected chi connectivity index (χ4v) is 5.72. The molecule has 3 nitrogen and oxygen atoms in total. The zero-order valence-electron chi connectivity index (χ0n) is 16.5. The summed E-state index contributed by atoms with van der Waals surface area (Å²) in [7, 11) is -3.62. The van der Waals surface area contributed by atoms with Crippen molar-refractivity contribution in [2.75, 3.05) is 6.54 Å². The maximum Gasteiger partial charge on any atom is 0.243 e. The van der Waals surface area contributed by atoms with Gasteiger partial charge in [0, 0.05) is 6.54 Å². The van der Waals surface area contributed by atoms with Crippen molar-refractivity contribution >= 4 is 10.0 Å². The van der Waals surface area contributed by atoms with Crippen LogP contribution >= 0.6 is 0 Å². The van der Waals surface area contributed by atoms with Crippen LogP contribution in [0.3, 0.4) is 0 Å². The molecule has 3 aromatic rings. The Morgan fingerprint density at radius 1 is 0.857 bits per heavy atom. The van der Waals surface area contributed by atoms with E-state index in [0.717, 1.165) is 34.2 Å². The van der Waals surface area contributed by atoms with E-state index in [1.807, 2.05) is 44.2 Å². The van der Waals surface area contributed by atoms with Crippen molar-refractivity contribution in [2.24, 2.45) is 0 Å². The average Bonchev–Trinajstić information content (AvgIpc) is 2.67. The largest absolute Gasteiger partial charge is 0.243 e. The highest BCUT2D eigenvalue weighted by Crippen LogP contribution is 2.40. The van der Waals surface area contributed by atoms with E-state index in [1.165, 1.54) is 5.56 Å². The lowest BCUT2D eigenvalue weighted by Gasteiger charge is -2.38. The van der Waals surface area contributed by atoms with Gasteiger partial charge in [-0.1, -0.05) is 65.7 Å². The Bertz CT molecular complexity index is 1120. The van der Waals surface area contributed by atoms with Crippen LogP contribution in [0.1, 0.15) is 39.4 Å².